The quantitative estimate of drug-likeness (QED) is 0.582. The minimum atomic E-state index is -0.823. The molecule has 2 amide bonds. The van der Waals surface area contributed by atoms with E-state index in [4.69, 9.17) is 4.74 Å². The lowest BCUT2D eigenvalue weighted by atomic mass is 9.87. The Bertz CT molecular complexity index is 1000. The van der Waals surface area contributed by atoms with Gasteiger partial charge in [-0.05, 0) is 54.3 Å². The molecule has 0 aliphatic carbocycles. The van der Waals surface area contributed by atoms with Crippen LogP contribution >= 0.6 is 11.5 Å². The first-order chi connectivity index (χ1) is 16.3. The van der Waals surface area contributed by atoms with Crippen LogP contribution in [-0.4, -0.2) is 40.5 Å². The number of alkyl carbamates (subject to hydrolysis) is 1. The number of carbonyl (C=O) groups excluding carboxylic acids is 4. The van der Waals surface area contributed by atoms with Gasteiger partial charge in [0.15, 0.2) is 5.78 Å². The summed E-state index contributed by atoms with van der Waals surface area (Å²) in [6.07, 6.45) is 3.47. The van der Waals surface area contributed by atoms with Crippen molar-refractivity contribution in [2.75, 3.05) is 6.54 Å². The lowest BCUT2D eigenvalue weighted by molar-refractivity contribution is -0.141. The van der Waals surface area contributed by atoms with E-state index < -0.39 is 29.7 Å². The fourth-order valence-corrected chi connectivity index (χ4v) is 4.75. The van der Waals surface area contributed by atoms with Crippen LogP contribution in [0.1, 0.15) is 49.1 Å². The number of hydrogen-bond acceptors (Lipinski definition) is 7. The van der Waals surface area contributed by atoms with Crippen LogP contribution in [-0.2, 0) is 38.6 Å². The Labute approximate surface area is 203 Å². The normalized spacial score (nSPS) is 17.8. The van der Waals surface area contributed by atoms with Crippen LogP contribution in [0.4, 0.5) is 4.79 Å². The third-order valence-corrected chi connectivity index (χ3v) is 6.80. The molecule has 0 fully saturated rings. The summed E-state index contributed by atoms with van der Waals surface area (Å²) in [7, 11) is 0. The van der Waals surface area contributed by atoms with Gasteiger partial charge in [0.25, 0.3) is 5.91 Å². The highest BCUT2D eigenvalue weighted by Gasteiger charge is 2.32. The molecule has 1 aromatic carbocycles. The summed E-state index contributed by atoms with van der Waals surface area (Å²) in [5.74, 6) is -2.51. The summed E-state index contributed by atoms with van der Waals surface area (Å²) < 4.78 is 9.52. The summed E-state index contributed by atoms with van der Waals surface area (Å²) in [5, 5.41) is 5.31. The van der Waals surface area contributed by atoms with E-state index in [9.17, 15) is 19.2 Å². The molecule has 182 valence electrons. The van der Waals surface area contributed by atoms with Crippen molar-refractivity contribution >= 4 is 35.1 Å². The third-order valence-electron chi connectivity index (χ3n) is 5.90. The number of nitrogens with zero attached hydrogens (tertiary/aromatic N) is 1. The Morgan fingerprint density at radius 3 is 2.71 bits per heavy atom. The molecule has 2 heterocycles. The number of aryl methyl sites for hydroxylation is 2. The second-order valence-corrected chi connectivity index (χ2v) is 9.72. The number of aromatic nitrogens is 1. The van der Waals surface area contributed by atoms with E-state index >= 15 is 0 Å². The van der Waals surface area contributed by atoms with Crippen LogP contribution in [0.2, 0.25) is 0 Å². The van der Waals surface area contributed by atoms with Crippen LogP contribution < -0.4 is 10.6 Å². The van der Waals surface area contributed by atoms with E-state index in [1.807, 2.05) is 50.4 Å². The van der Waals surface area contributed by atoms with Gasteiger partial charge in [-0.1, -0.05) is 44.2 Å². The number of ketones is 2. The van der Waals surface area contributed by atoms with Crippen molar-refractivity contribution in [1.29, 1.82) is 0 Å². The molecule has 8 nitrogen and oxygen atoms in total. The summed E-state index contributed by atoms with van der Waals surface area (Å²) in [6, 6.07) is 8.42. The highest BCUT2D eigenvalue weighted by molar-refractivity contribution is 7.05. The van der Waals surface area contributed by atoms with Gasteiger partial charge in [-0.2, -0.15) is 0 Å². The Kier molecular flexibility index (Phi) is 9.33. The lowest BCUT2D eigenvalue weighted by Crippen LogP contribution is -2.46. The van der Waals surface area contributed by atoms with Gasteiger partial charge in [-0.3, -0.25) is 14.4 Å². The van der Waals surface area contributed by atoms with Crippen LogP contribution in [0.15, 0.2) is 36.5 Å². The number of carbonyl (C=O) groups is 4. The number of benzene rings is 1. The van der Waals surface area contributed by atoms with Crippen molar-refractivity contribution in [3.8, 4) is 0 Å². The topological polar surface area (TPSA) is 114 Å². The van der Waals surface area contributed by atoms with Gasteiger partial charge in [0.2, 0.25) is 5.78 Å². The number of amides is 2. The average molecular weight is 486 g/mol. The summed E-state index contributed by atoms with van der Waals surface area (Å²) >= 11 is 1.39. The molecule has 1 aliphatic rings. The average Bonchev–Trinajstić information content (AvgIpc) is 3.27. The van der Waals surface area contributed by atoms with Crippen molar-refractivity contribution in [3.05, 3.63) is 52.5 Å². The maximum absolute atomic E-state index is 13.2. The zero-order valence-electron chi connectivity index (χ0n) is 19.5. The summed E-state index contributed by atoms with van der Waals surface area (Å²) in [5.41, 5.74) is 1.96. The molecule has 0 bridgehead atoms. The van der Waals surface area contributed by atoms with E-state index in [1.165, 1.54) is 11.5 Å². The van der Waals surface area contributed by atoms with E-state index in [1.54, 1.807) is 0 Å². The Morgan fingerprint density at radius 2 is 1.97 bits per heavy atom. The van der Waals surface area contributed by atoms with Crippen molar-refractivity contribution in [2.45, 2.75) is 58.6 Å². The molecular formula is C25H31N3O5S. The van der Waals surface area contributed by atoms with Crippen LogP contribution in [0.25, 0.3) is 0 Å². The van der Waals surface area contributed by atoms with Gasteiger partial charge in [-0.15, -0.1) is 0 Å². The molecular weight excluding hydrogens is 454 g/mol. The van der Waals surface area contributed by atoms with E-state index in [-0.39, 0.29) is 24.7 Å². The monoisotopic (exact) mass is 485 g/mol. The molecule has 2 unspecified atom stereocenters. The minimum Gasteiger partial charge on any atom is -0.445 e. The number of ether oxygens (including phenoxy) is 1. The van der Waals surface area contributed by atoms with E-state index in [0.29, 0.717) is 19.4 Å². The third kappa shape index (κ3) is 7.21. The van der Waals surface area contributed by atoms with Crippen molar-refractivity contribution in [2.24, 2.45) is 11.8 Å². The molecule has 2 atom stereocenters. The maximum Gasteiger partial charge on any atom is 0.408 e. The van der Waals surface area contributed by atoms with Crippen molar-refractivity contribution in [1.82, 2.24) is 15.0 Å². The van der Waals surface area contributed by atoms with Crippen LogP contribution in [0, 0.1) is 11.8 Å². The predicted molar refractivity (Wildman–Crippen MR) is 128 cm³/mol. The second-order valence-electron chi connectivity index (χ2n) is 8.83. The second kappa shape index (κ2) is 12.4. The largest absolute Gasteiger partial charge is 0.445 e. The molecule has 2 aromatic rings. The Morgan fingerprint density at radius 1 is 1.21 bits per heavy atom. The lowest BCUT2D eigenvalue weighted by Gasteiger charge is -2.23. The van der Waals surface area contributed by atoms with E-state index in [2.05, 4.69) is 15.0 Å². The number of nitrogens with one attached hydrogen (secondary N) is 2. The molecule has 0 spiro atoms. The number of Topliss-reactive ketones (excluding diaryl/α,β-unsaturated/α-hetero) is 2. The van der Waals surface area contributed by atoms with Gasteiger partial charge in [-0.25, -0.2) is 9.17 Å². The molecule has 1 aliphatic heterocycles. The van der Waals surface area contributed by atoms with E-state index in [0.717, 1.165) is 28.8 Å². The first-order valence-corrected chi connectivity index (χ1v) is 12.4. The fourth-order valence-electron chi connectivity index (χ4n) is 3.96. The zero-order valence-corrected chi connectivity index (χ0v) is 20.4. The SMILES string of the molecule is CC(C)C(NC(=O)OCc1ccccc1)C(=O)CC1CCc2sncc2CCCNC(=O)C1=O. The molecule has 34 heavy (non-hydrogen) atoms. The molecule has 2 N–H and O–H groups in total. The van der Waals surface area contributed by atoms with Crippen molar-refractivity contribution in [3.63, 3.8) is 0 Å². The fraction of sp³-hybridized carbons (Fsp3) is 0.480. The first-order valence-electron chi connectivity index (χ1n) is 11.6. The molecule has 3 rings (SSSR count). The standard InChI is InChI=1S/C25H31N3O5S/c1-16(2)22(28-25(32)33-15-17-7-4-3-5-8-17)20(29)13-18-10-11-21-19(14-27-34-21)9-6-12-26-24(31)23(18)30/h3-5,7-8,14,16,18,22H,6,9-13,15H2,1-2H3,(H,26,31)(H,28,32). The molecule has 0 radical (unpaired) electrons. The van der Waals surface area contributed by atoms with Gasteiger partial charge in [0, 0.05) is 30.0 Å². The van der Waals surface area contributed by atoms with Crippen LogP contribution in [0.5, 0.6) is 0 Å². The first kappa shape index (κ1) is 25.6. The highest BCUT2D eigenvalue weighted by atomic mass is 32.1. The molecule has 0 saturated heterocycles. The number of rotatable bonds is 7. The maximum atomic E-state index is 13.2. The van der Waals surface area contributed by atoms with Gasteiger partial charge in [0.1, 0.15) is 6.61 Å². The number of hydrogen-bond donors (Lipinski definition) is 2. The zero-order chi connectivity index (χ0) is 24.5. The Balaban J connectivity index is 1.65. The van der Waals surface area contributed by atoms with Gasteiger partial charge >= 0.3 is 6.09 Å². The van der Waals surface area contributed by atoms with Crippen molar-refractivity contribution < 1.29 is 23.9 Å². The molecule has 1 aromatic heterocycles. The van der Waals surface area contributed by atoms with Crippen LogP contribution in [0.3, 0.4) is 0 Å². The number of fused-ring (bicyclic) bond motifs is 1. The molecule has 0 saturated carbocycles. The smallest absolute Gasteiger partial charge is 0.408 e. The minimum absolute atomic E-state index is 0.0874. The predicted octanol–water partition coefficient (Wildman–Crippen LogP) is 3.23. The van der Waals surface area contributed by atoms with Gasteiger partial charge < -0.3 is 15.4 Å². The highest BCUT2D eigenvalue weighted by Crippen LogP contribution is 2.23. The molecule has 9 heteroatoms. The summed E-state index contributed by atoms with van der Waals surface area (Å²) in [4.78, 5) is 51.8. The Hall–Kier alpha value is -3.07. The van der Waals surface area contributed by atoms with Gasteiger partial charge in [0.05, 0.1) is 6.04 Å². The summed E-state index contributed by atoms with van der Waals surface area (Å²) in [6.45, 7) is 4.11.